The topological polar surface area (TPSA) is 232 Å². The second-order valence-corrected chi connectivity index (χ2v) is 20.0. The van der Waals surface area contributed by atoms with E-state index in [0.29, 0.717) is 38.8 Å². The van der Waals surface area contributed by atoms with Crippen molar-refractivity contribution in [3.63, 3.8) is 0 Å². The van der Waals surface area contributed by atoms with Crippen LogP contribution < -0.4 is 27.4 Å². The number of hydrogen-bond acceptors (Lipinski definition) is 12. The molecule has 1 aromatic carbocycles. The molecule has 0 aliphatic carbocycles. The highest BCUT2D eigenvalue weighted by molar-refractivity contribution is 7.09. The maximum absolute atomic E-state index is 14.6. The average molecular weight is 970 g/mol. The van der Waals surface area contributed by atoms with E-state index in [2.05, 4.69) is 20.9 Å². The molecule has 1 aromatic heterocycles. The Morgan fingerprint density at radius 3 is 2.18 bits per heavy atom. The van der Waals surface area contributed by atoms with Gasteiger partial charge in [-0.15, -0.1) is 11.3 Å². The Bertz CT molecular complexity index is 1870. The molecule has 3 rings (SSSR count). The summed E-state index contributed by atoms with van der Waals surface area (Å²) in [6.07, 6.45) is 4.98. The minimum Gasteiger partial charge on any atom is -0.379 e. The molecule has 1 aliphatic rings. The largest absolute Gasteiger partial charge is 0.379 e. The van der Waals surface area contributed by atoms with Crippen LogP contribution in [0.4, 0.5) is 0 Å². The Hall–Kier alpha value is -4.49. The first-order valence-electron chi connectivity index (χ1n) is 24.5. The van der Waals surface area contributed by atoms with Gasteiger partial charge in [-0.1, -0.05) is 91.6 Å². The molecule has 10 atom stereocenters. The molecule has 1 aliphatic heterocycles. The highest BCUT2D eigenvalue weighted by atomic mass is 32.1. The molecule has 2 heterocycles. The van der Waals surface area contributed by atoms with Gasteiger partial charge in [0.2, 0.25) is 35.4 Å². The van der Waals surface area contributed by atoms with E-state index in [1.807, 2.05) is 84.2 Å². The number of thiazole rings is 1. The van der Waals surface area contributed by atoms with Gasteiger partial charge in [0.15, 0.2) is 0 Å². The van der Waals surface area contributed by atoms with Gasteiger partial charge in [-0.25, -0.2) is 4.98 Å². The Kier molecular flexibility index (Phi) is 24.6. The van der Waals surface area contributed by atoms with Gasteiger partial charge in [-0.3, -0.25) is 28.8 Å². The van der Waals surface area contributed by atoms with Crippen LogP contribution in [0.25, 0.3) is 0 Å². The van der Waals surface area contributed by atoms with Crippen molar-refractivity contribution in [2.75, 3.05) is 47.9 Å². The summed E-state index contributed by atoms with van der Waals surface area (Å²) in [6.45, 7) is 14.3. The van der Waals surface area contributed by atoms with Crippen LogP contribution in [0.2, 0.25) is 0 Å². The molecule has 6 amide bonds. The zero-order valence-electron chi connectivity index (χ0n) is 42.6. The lowest BCUT2D eigenvalue weighted by Crippen LogP contribution is -2.60. The fourth-order valence-electron chi connectivity index (χ4n) is 9.36. The summed E-state index contributed by atoms with van der Waals surface area (Å²) < 4.78 is 12.1. The lowest BCUT2D eigenvalue weighted by molar-refractivity contribution is -0.148. The third-order valence-electron chi connectivity index (χ3n) is 13.5. The molecule has 0 bridgehead atoms. The number of unbranched alkanes of at least 4 members (excludes halogenated alkanes) is 1. The molecule has 0 radical (unpaired) electrons. The van der Waals surface area contributed by atoms with Crippen LogP contribution in [-0.2, 0) is 44.7 Å². The molecule has 5 unspecified atom stereocenters. The fourth-order valence-corrected chi connectivity index (χ4v) is 10.0. The Morgan fingerprint density at radius 2 is 1.60 bits per heavy atom. The molecule has 382 valence electrons. The van der Waals surface area contributed by atoms with Gasteiger partial charge in [0.05, 0.1) is 48.7 Å². The van der Waals surface area contributed by atoms with E-state index in [4.69, 9.17) is 20.9 Å². The van der Waals surface area contributed by atoms with Crippen molar-refractivity contribution in [3.8, 4) is 0 Å². The van der Waals surface area contributed by atoms with Gasteiger partial charge >= 0.3 is 0 Å². The number of nitrogens with two attached hydrogens (primary N) is 2. The van der Waals surface area contributed by atoms with Crippen LogP contribution in [0.5, 0.6) is 0 Å². The number of likely N-dealkylation sites (N-methyl/N-ethyl adjacent to an activating group) is 2. The van der Waals surface area contributed by atoms with Crippen molar-refractivity contribution in [2.45, 2.75) is 155 Å². The fraction of sp³-hybridized carbons (Fsp3) is 0.700. The van der Waals surface area contributed by atoms with Gasteiger partial charge in [0, 0.05) is 59.4 Å². The van der Waals surface area contributed by atoms with E-state index in [9.17, 15) is 28.8 Å². The summed E-state index contributed by atoms with van der Waals surface area (Å²) in [4.78, 5) is 92.3. The summed E-state index contributed by atoms with van der Waals surface area (Å²) in [5.74, 6) is -3.24. The summed E-state index contributed by atoms with van der Waals surface area (Å²) in [5, 5.41) is 11.6. The highest BCUT2D eigenvalue weighted by Crippen LogP contribution is 2.31. The first-order valence-corrected chi connectivity index (χ1v) is 25.4. The normalized spacial score (nSPS) is 17.9. The van der Waals surface area contributed by atoms with Crippen molar-refractivity contribution in [1.82, 2.24) is 35.6 Å². The number of likely N-dealkylation sites (tertiary alicyclic amines) is 1. The van der Waals surface area contributed by atoms with Crippen LogP contribution >= 0.6 is 11.3 Å². The standard InChI is InChI=1S/C50H83N9O8S/c1-12-33(6)44(58(9)50(65)42(31(2)3)56-48(64)43(32(4)5)57(8)40(60)23-25-53-47(63)36(52)21-16-17-24-51)39(66-10)30-41(61)59-27-18-22-38(59)45(67-11)34(7)46(62)55-37(49-54-26-28-68-49)29-35-19-14-13-15-20-35/h13-15,19-20,26,28,31-34,36-39,42-45H,12,16-18,21-25,27,29-30,51-52H2,1-11H3,(H,53,63)(H,55,62)(H,56,64)/t33-,34+,36?,37?,38-,39?,42?,43-,44-,45?/m0/s1. The molecular weight excluding hydrogens is 887 g/mol. The van der Waals surface area contributed by atoms with Gasteiger partial charge in [0.1, 0.15) is 17.1 Å². The molecule has 2 aromatic rings. The molecule has 0 saturated carbocycles. The highest BCUT2D eigenvalue weighted by Gasteiger charge is 2.43. The molecule has 1 fully saturated rings. The minimum atomic E-state index is -0.960. The van der Waals surface area contributed by atoms with Crippen LogP contribution in [0.3, 0.4) is 0 Å². The van der Waals surface area contributed by atoms with Crippen molar-refractivity contribution in [3.05, 3.63) is 52.5 Å². The monoisotopic (exact) mass is 970 g/mol. The van der Waals surface area contributed by atoms with Crippen LogP contribution in [0.15, 0.2) is 41.9 Å². The van der Waals surface area contributed by atoms with Crippen molar-refractivity contribution >= 4 is 46.8 Å². The predicted molar refractivity (Wildman–Crippen MR) is 266 cm³/mol. The van der Waals surface area contributed by atoms with Crippen LogP contribution in [-0.4, -0.2) is 145 Å². The minimum absolute atomic E-state index is 0.0262. The van der Waals surface area contributed by atoms with E-state index in [0.717, 1.165) is 29.8 Å². The third-order valence-corrected chi connectivity index (χ3v) is 14.4. The predicted octanol–water partition coefficient (Wildman–Crippen LogP) is 4.05. The smallest absolute Gasteiger partial charge is 0.245 e. The quantitative estimate of drug-likeness (QED) is 0.0731. The van der Waals surface area contributed by atoms with E-state index in [1.165, 1.54) is 23.3 Å². The summed E-state index contributed by atoms with van der Waals surface area (Å²) >= 11 is 1.49. The van der Waals surface area contributed by atoms with Crippen molar-refractivity contribution in [1.29, 1.82) is 0 Å². The number of benzene rings is 1. The summed E-state index contributed by atoms with van der Waals surface area (Å²) in [5.41, 5.74) is 12.6. The third kappa shape index (κ3) is 16.3. The Balaban J connectivity index is 1.74. The molecule has 17 nitrogen and oxygen atoms in total. The van der Waals surface area contributed by atoms with Gasteiger partial charge in [0.25, 0.3) is 0 Å². The van der Waals surface area contributed by atoms with Crippen LogP contribution in [0.1, 0.15) is 116 Å². The van der Waals surface area contributed by atoms with E-state index in [1.54, 1.807) is 37.2 Å². The summed E-state index contributed by atoms with van der Waals surface area (Å²) in [7, 11) is 6.34. The number of amides is 6. The molecule has 0 spiro atoms. The van der Waals surface area contributed by atoms with E-state index in [-0.39, 0.29) is 78.8 Å². The van der Waals surface area contributed by atoms with Crippen molar-refractivity contribution in [2.24, 2.45) is 35.1 Å². The zero-order chi connectivity index (χ0) is 50.7. The van der Waals surface area contributed by atoms with Gasteiger partial charge in [-0.05, 0) is 62.0 Å². The summed E-state index contributed by atoms with van der Waals surface area (Å²) in [6, 6.07) is 6.12. The first-order chi connectivity index (χ1) is 32.3. The SMILES string of the molecule is CC[C@H](C)[C@@H](C(CC(=O)N1CCC[C@H]1C(OC)[C@@H](C)C(=O)NC(Cc1ccccc1)c1nccs1)OC)N(C)C(=O)C(NC(=O)[C@H](C(C)C)N(C)C(=O)CCNC(=O)C(N)CCCCN)C(C)C. The Morgan fingerprint density at radius 1 is 0.912 bits per heavy atom. The number of rotatable bonds is 29. The molecular formula is C50H83N9O8S. The number of carbonyl (C=O) groups excluding carboxylic acids is 6. The molecule has 68 heavy (non-hydrogen) atoms. The number of aromatic nitrogens is 1. The van der Waals surface area contributed by atoms with Gasteiger partial charge in [-0.2, -0.15) is 0 Å². The van der Waals surface area contributed by atoms with Crippen molar-refractivity contribution < 1.29 is 38.2 Å². The number of nitrogens with zero attached hydrogens (tertiary/aromatic N) is 4. The molecule has 18 heteroatoms. The maximum atomic E-state index is 14.6. The number of ether oxygens (including phenoxy) is 2. The van der Waals surface area contributed by atoms with Gasteiger partial charge < -0.3 is 51.6 Å². The lowest BCUT2D eigenvalue weighted by atomic mass is 9.89. The maximum Gasteiger partial charge on any atom is 0.245 e. The number of carbonyl (C=O) groups is 6. The number of hydrogen-bond donors (Lipinski definition) is 5. The van der Waals surface area contributed by atoms with E-state index < -0.39 is 48.2 Å². The Labute approximate surface area is 409 Å². The molecule has 7 N–H and O–H groups in total. The van der Waals surface area contributed by atoms with Crippen LogP contribution in [0, 0.1) is 23.7 Å². The average Bonchev–Trinajstić information content (AvgIpc) is 4.04. The lowest BCUT2D eigenvalue weighted by Gasteiger charge is -2.41. The molecule has 1 saturated heterocycles. The first kappa shape index (κ1) is 57.8. The second-order valence-electron chi connectivity index (χ2n) is 19.1. The van der Waals surface area contributed by atoms with E-state index >= 15 is 0 Å². The number of nitrogens with one attached hydrogen (secondary N) is 3. The second kappa shape index (κ2) is 28.9. The number of methoxy groups -OCH3 is 2. The zero-order valence-corrected chi connectivity index (χ0v) is 43.4.